The Balaban J connectivity index is 1.08. The molecule has 0 amide bonds. The minimum atomic E-state index is -4.41. The van der Waals surface area contributed by atoms with E-state index in [2.05, 4.69) is 20.8 Å². The van der Waals surface area contributed by atoms with Crippen LogP contribution >= 0.6 is 50.5 Å². The molecule has 1 aromatic heterocycles. The summed E-state index contributed by atoms with van der Waals surface area (Å²) in [6, 6.07) is 5.11. The van der Waals surface area contributed by atoms with Crippen molar-refractivity contribution in [1.29, 1.82) is 0 Å². The lowest BCUT2D eigenvalue weighted by Crippen LogP contribution is -2.42. The Morgan fingerprint density at radius 2 is 1.52 bits per heavy atom. The summed E-state index contributed by atoms with van der Waals surface area (Å²) in [6.07, 6.45) is 6.03. The zero-order valence-electron chi connectivity index (χ0n) is 26.6. The van der Waals surface area contributed by atoms with Crippen molar-refractivity contribution in [3.8, 4) is 0 Å². The number of thiophene rings is 1. The predicted molar refractivity (Wildman–Crippen MR) is 191 cm³/mol. The van der Waals surface area contributed by atoms with Crippen LogP contribution in [0.2, 0.25) is 9.36 Å². The lowest BCUT2D eigenvalue weighted by atomic mass is 9.87. The molecular weight excluding hydrogens is 826 g/mol. The molecule has 0 saturated carbocycles. The van der Waals surface area contributed by atoms with Crippen molar-refractivity contribution < 1.29 is 39.9 Å². The van der Waals surface area contributed by atoms with E-state index in [9.17, 15) is 39.9 Å². The number of hydrogen-bond donors (Lipinski definition) is 2. The Bertz CT molecular complexity index is 1900. The first-order valence-electron chi connectivity index (χ1n) is 15.9. The van der Waals surface area contributed by atoms with Crippen molar-refractivity contribution in [2.24, 2.45) is 11.8 Å². The van der Waals surface area contributed by atoms with Gasteiger partial charge in [-0.25, -0.2) is 30.0 Å². The highest BCUT2D eigenvalue weighted by atomic mass is 79.9. The zero-order chi connectivity index (χ0) is 36.4. The fraction of sp³-hybridized carbons (Fsp3) is 0.469. The van der Waals surface area contributed by atoms with Gasteiger partial charge in [-0.2, -0.15) is 9.03 Å². The smallest absolute Gasteiger partial charge is 0.322 e. The van der Waals surface area contributed by atoms with Gasteiger partial charge in [-0.05, 0) is 102 Å². The molecule has 0 radical (unpaired) electrons. The zero-order valence-corrected chi connectivity index (χ0v) is 32.1. The standard InChI is InChI=1S/C32H35BrCl2F3N3O6S3/c33-23-18-29(48-31(23)35)50(46,47)41-12-8-20(9-13-41)3-1-2-19-6-10-40(11-7-19)28-5-4-22(17-24(28)34)49(44,45)39-27(32(42)43)16-21-14-25(36)30(38)26(37)15-21/h4-5,14-15,17-20,27,39H,1-3,6-13,16H2,(H,42,43). The second kappa shape index (κ2) is 16.4. The summed E-state index contributed by atoms with van der Waals surface area (Å²) in [7, 11) is -7.96. The van der Waals surface area contributed by atoms with Gasteiger partial charge in [-0.1, -0.05) is 42.5 Å². The molecule has 2 aliphatic heterocycles. The van der Waals surface area contributed by atoms with Gasteiger partial charge in [0.15, 0.2) is 17.5 Å². The molecule has 3 heterocycles. The molecule has 9 nitrogen and oxygen atoms in total. The van der Waals surface area contributed by atoms with Crippen LogP contribution in [0.4, 0.5) is 18.9 Å². The molecule has 2 aliphatic rings. The Kier molecular flexibility index (Phi) is 12.9. The summed E-state index contributed by atoms with van der Waals surface area (Å²) in [6.45, 7) is 2.43. The first kappa shape index (κ1) is 39.3. The number of carboxylic acids is 1. The van der Waals surface area contributed by atoms with Crippen LogP contribution in [0.25, 0.3) is 0 Å². The van der Waals surface area contributed by atoms with Gasteiger partial charge in [0.25, 0.3) is 10.0 Å². The average molecular weight is 862 g/mol. The largest absolute Gasteiger partial charge is 0.480 e. The van der Waals surface area contributed by atoms with Gasteiger partial charge in [0.2, 0.25) is 10.0 Å². The molecule has 18 heteroatoms. The normalized spacial score (nSPS) is 17.7. The third-order valence-electron chi connectivity index (χ3n) is 9.28. The van der Waals surface area contributed by atoms with E-state index < -0.39 is 55.9 Å². The van der Waals surface area contributed by atoms with E-state index in [0.29, 0.717) is 51.6 Å². The summed E-state index contributed by atoms with van der Waals surface area (Å²) in [4.78, 5) is 13.6. The highest BCUT2D eigenvalue weighted by Gasteiger charge is 2.32. The molecule has 1 unspecified atom stereocenters. The number of carbonyl (C=O) groups is 1. The number of sulfonamides is 2. The molecule has 2 saturated heterocycles. The van der Waals surface area contributed by atoms with E-state index in [1.165, 1.54) is 12.1 Å². The number of hydrogen-bond acceptors (Lipinski definition) is 7. The van der Waals surface area contributed by atoms with Crippen molar-refractivity contribution in [1.82, 2.24) is 9.03 Å². The van der Waals surface area contributed by atoms with E-state index >= 15 is 0 Å². The second-order valence-electron chi connectivity index (χ2n) is 12.6. The predicted octanol–water partition coefficient (Wildman–Crippen LogP) is 7.70. The summed E-state index contributed by atoms with van der Waals surface area (Å²) in [5.74, 6) is -5.34. The number of piperidine rings is 2. The minimum absolute atomic E-state index is 0.170. The van der Waals surface area contributed by atoms with E-state index in [4.69, 9.17) is 23.2 Å². The molecule has 1 atom stereocenters. The Labute approximate surface area is 312 Å². The molecule has 2 aromatic carbocycles. The summed E-state index contributed by atoms with van der Waals surface area (Å²) in [5.41, 5.74) is 0.409. The van der Waals surface area contributed by atoms with E-state index in [0.717, 1.165) is 69.4 Å². The molecule has 2 N–H and O–H groups in total. The third kappa shape index (κ3) is 9.35. The maximum Gasteiger partial charge on any atom is 0.322 e. The molecule has 3 aromatic rings. The molecule has 0 aliphatic carbocycles. The fourth-order valence-corrected chi connectivity index (χ4v) is 12.0. The first-order chi connectivity index (χ1) is 23.5. The summed E-state index contributed by atoms with van der Waals surface area (Å²) >= 11 is 16.9. The number of benzene rings is 2. The van der Waals surface area contributed by atoms with Crippen LogP contribution in [0, 0.1) is 29.3 Å². The summed E-state index contributed by atoms with van der Waals surface area (Å²) < 4.78 is 97.5. The molecule has 0 spiro atoms. The number of carboxylic acid groups (broad SMARTS) is 1. The van der Waals surface area contributed by atoms with Crippen LogP contribution in [-0.2, 0) is 31.3 Å². The van der Waals surface area contributed by atoms with Crippen LogP contribution in [-0.4, -0.2) is 64.4 Å². The van der Waals surface area contributed by atoms with Crippen LogP contribution in [0.15, 0.2) is 50.0 Å². The minimum Gasteiger partial charge on any atom is -0.480 e. The number of anilines is 1. The van der Waals surface area contributed by atoms with Gasteiger partial charge in [0, 0.05) is 30.7 Å². The SMILES string of the molecule is O=C(O)C(Cc1cc(F)c(F)c(F)c1)NS(=O)(=O)c1ccc(N2CCC(CCCC3CCN(S(=O)(=O)c4cc(Br)c(Cl)s4)CC3)CC2)c(Cl)c1. The van der Waals surface area contributed by atoms with Crippen LogP contribution < -0.4 is 9.62 Å². The van der Waals surface area contributed by atoms with E-state index in [-0.39, 0.29) is 19.7 Å². The van der Waals surface area contributed by atoms with Gasteiger partial charge >= 0.3 is 5.97 Å². The quantitative estimate of drug-likeness (QED) is 0.169. The number of halogens is 6. The van der Waals surface area contributed by atoms with Crippen molar-refractivity contribution in [2.75, 3.05) is 31.1 Å². The Morgan fingerprint density at radius 3 is 2.04 bits per heavy atom. The number of aliphatic carboxylic acids is 1. The van der Waals surface area contributed by atoms with E-state index in [1.54, 1.807) is 16.4 Å². The Morgan fingerprint density at radius 1 is 0.940 bits per heavy atom. The van der Waals surface area contributed by atoms with Gasteiger partial charge in [-0.15, -0.1) is 11.3 Å². The maximum absolute atomic E-state index is 13.6. The molecule has 5 rings (SSSR count). The highest BCUT2D eigenvalue weighted by Crippen LogP contribution is 2.38. The first-order valence-corrected chi connectivity index (χ1v) is 21.2. The van der Waals surface area contributed by atoms with Crippen LogP contribution in [0.3, 0.4) is 0 Å². The van der Waals surface area contributed by atoms with Crippen LogP contribution in [0.5, 0.6) is 0 Å². The van der Waals surface area contributed by atoms with Crippen molar-refractivity contribution in [2.45, 2.75) is 66.5 Å². The lowest BCUT2D eigenvalue weighted by molar-refractivity contribution is -0.138. The van der Waals surface area contributed by atoms with Gasteiger partial charge < -0.3 is 10.0 Å². The van der Waals surface area contributed by atoms with Gasteiger partial charge in [0.1, 0.15) is 14.6 Å². The summed E-state index contributed by atoms with van der Waals surface area (Å²) in [5, 5.41) is 9.75. The van der Waals surface area contributed by atoms with Crippen molar-refractivity contribution >= 4 is 82.2 Å². The van der Waals surface area contributed by atoms with E-state index in [1.807, 2.05) is 4.72 Å². The molecule has 0 bridgehead atoms. The third-order valence-corrected chi connectivity index (χ3v) is 15.9. The fourth-order valence-electron chi connectivity index (χ4n) is 6.48. The topological polar surface area (TPSA) is 124 Å². The van der Waals surface area contributed by atoms with Crippen molar-refractivity contribution in [3.63, 3.8) is 0 Å². The molecule has 274 valence electrons. The van der Waals surface area contributed by atoms with Crippen molar-refractivity contribution in [3.05, 3.63) is 73.2 Å². The number of rotatable bonds is 13. The molecule has 2 fully saturated rings. The van der Waals surface area contributed by atoms with Gasteiger partial charge in [0.05, 0.1) is 15.6 Å². The van der Waals surface area contributed by atoms with Gasteiger partial charge in [-0.3, -0.25) is 4.79 Å². The molecular formula is C32H35BrCl2F3N3O6S3. The monoisotopic (exact) mass is 859 g/mol. The second-order valence-corrected chi connectivity index (χ2v) is 19.4. The highest BCUT2D eigenvalue weighted by molar-refractivity contribution is 9.10. The van der Waals surface area contributed by atoms with Crippen LogP contribution in [0.1, 0.15) is 50.5 Å². The number of nitrogens with zero attached hydrogens (tertiary/aromatic N) is 2. The average Bonchev–Trinajstić information content (AvgIpc) is 3.42. The lowest BCUT2D eigenvalue weighted by Gasteiger charge is -2.35. The number of nitrogens with one attached hydrogen (secondary N) is 1. The Hall–Kier alpha value is -1.92. The molecule has 50 heavy (non-hydrogen) atoms. The maximum atomic E-state index is 13.6.